The molecule has 2 N–H and O–H groups in total. The number of likely N-dealkylation sites (N-methyl/N-ethyl adjacent to an activating group) is 1. The second kappa shape index (κ2) is 8.06. The molecule has 0 aromatic heterocycles. The topological polar surface area (TPSA) is 38.5 Å². The van der Waals surface area contributed by atoms with Crippen molar-refractivity contribution >= 4 is 0 Å². The summed E-state index contributed by atoms with van der Waals surface area (Å²) in [6.45, 7) is 16.8. The van der Waals surface area contributed by atoms with Crippen molar-refractivity contribution in [3.63, 3.8) is 0 Å². The molecule has 0 saturated carbocycles. The lowest BCUT2D eigenvalue weighted by Crippen LogP contribution is -2.55. The van der Waals surface area contributed by atoms with Gasteiger partial charge in [-0.25, -0.2) is 0 Å². The maximum absolute atomic E-state index is 6.30. The first-order valence-corrected chi connectivity index (χ1v) is 6.95. The van der Waals surface area contributed by atoms with Crippen molar-refractivity contribution in [1.82, 2.24) is 4.90 Å². The molecular weight excluding hydrogens is 212 g/mol. The van der Waals surface area contributed by atoms with E-state index in [1.54, 1.807) is 0 Å². The molecule has 0 amide bonds. The van der Waals surface area contributed by atoms with Crippen LogP contribution in [0.1, 0.15) is 48.0 Å². The molecule has 3 nitrogen and oxygen atoms in total. The Morgan fingerprint density at radius 3 is 2.12 bits per heavy atom. The fraction of sp³-hybridized carbons (Fsp3) is 1.00. The van der Waals surface area contributed by atoms with E-state index in [1.165, 1.54) is 0 Å². The monoisotopic (exact) mass is 244 g/mol. The summed E-state index contributed by atoms with van der Waals surface area (Å²) in [5, 5.41) is 0. The van der Waals surface area contributed by atoms with E-state index in [0.717, 1.165) is 32.7 Å². The van der Waals surface area contributed by atoms with Gasteiger partial charge in [0.05, 0.1) is 6.61 Å². The Labute approximate surface area is 108 Å². The summed E-state index contributed by atoms with van der Waals surface area (Å²) in [6, 6.07) is 0.648. The smallest absolute Gasteiger partial charge is 0.0593 e. The maximum atomic E-state index is 6.30. The number of nitrogens with zero attached hydrogens (tertiary/aromatic N) is 1. The van der Waals surface area contributed by atoms with Gasteiger partial charge in [-0.05, 0) is 25.3 Å². The summed E-state index contributed by atoms with van der Waals surface area (Å²) in [5.41, 5.74) is 6.51. The third-order valence-corrected chi connectivity index (χ3v) is 3.29. The van der Waals surface area contributed by atoms with E-state index in [4.69, 9.17) is 10.5 Å². The van der Waals surface area contributed by atoms with Crippen LogP contribution < -0.4 is 5.73 Å². The molecule has 0 aromatic rings. The number of nitrogens with two attached hydrogens (primary N) is 1. The largest absolute Gasteiger partial charge is 0.380 e. The number of ether oxygens (including phenoxy) is 1. The van der Waals surface area contributed by atoms with Gasteiger partial charge in [0.1, 0.15) is 0 Å². The lowest BCUT2D eigenvalue weighted by molar-refractivity contribution is 0.0454. The molecule has 2 unspecified atom stereocenters. The van der Waals surface area contributed by atoms with Crippen molar-refractivity contribution in [3.05, 3.63) is 0 Å². The van der Waals surface area contributed by atoms with Crippen LogP contribution in [0, 0.1) is 5.41 Å². The molecule has 0 aromatic carbocycles. The van der Waals surface area contributed by atoms with Gasteiger partial charge in [-0.1, -0.05) is 34.6 Å². The molecule has 104 valence electrons. The second-order valence-electron chi connectivity index (χ2n) is 5.71. The summed E-state index contributed by atoms with van der Waals surface area (Å²) in [6.07, 6.45) is 1.02. The fourth-order valence-electron chi connectivity index (χ4n) is 2.50. The summed E-state index contributed by atoms with van der Waals surface area (Å²) >= 11 is 0. The van der Waals surface area contributed by atoms with Gasteiger partial charge in [-0.15, -0.1) is 0 Å². The van der Waals surface area contributed by atoms with Crippen molar-refractivity contribution in [3.8, 4) is 0 Å². The first-order valence-electron chi connectivity index (χ1n) is 6.95. The van der Waals surface area contributed by atoms with E-state index < -0.39 is 0 Å². The molecule has 0 saturated heterocycles. The Balaban J connectivity index is 4.62. The molecule has 2 atom stereocenters. The summed E-state index contributed by atoms with van der Waals surface area (Å²) in [7, 11) is 0. The summed E-state index contributed by atoms with van der Waals surface area (Å²) < 4.78 is 5.46. The second-order valence-corrected chi connectivity index (χ2v) is 5.71. The number of hydrogen-bond donors (Lipinski definition) is 1. The highest BCUT2D eigenvalue weighted by Gasteiger charge is 2.33. The summed E-state index contributed by atoms with van der Waals surface area (Å²) in [4.78, 5) is 2.46. The molecule has 0 bridgehead atoms. The Morgan fingerprint density at radius 1 is 1.18 bits per heavy atom. The normalized spacial score (nSPS) is 16.2. The van der Waals surface area contributed by atoms with E-state index in [1.807, 2.05) is 6.92 Å². The van der Waals surface area contributed by atoms with Crippen LogP contribution in [0.2, 0.25) is 0 Å². The highest BCUT2D eigenvalue weighted by Crippen LogP contribution is 2.27. The van der Waals surface area contributed by atoms with E-state index >= 15 is 0 Å². The number of hydrogen-bond acceptors (Lipinski definition) is 3. The zero-order valence-electron chi connectivity index (χ0n) is 12.6. The molecule has 0 spiro atoms. The van der Waals surface area contributed by atoms with Gasteiger partial charge in [-0.3, -0.25) is 4.90 Å². The molecule has 0 radical (unpaired) electrons. The van der Waals surface area contributed by atoms with Gasteiger partial charge in [0.15, 0.2) is 0 Å². The average molecular weight is 244 g/mol. The minimum Gasteiger partial charge on any atom is -0.380 e. The summed E-state index contributed by atoms with van der Waals surface area (Å²) in [5.74, 6) is 0. The van der Waals surface area contributed by atoms with Crippen LogP contribution in [-0.4, -0.2) is 43.3 Å². The van der Waals surface area contributed by atoms with Crippen LogP contribution in [0.3, 0.4) is 0 Å². The zero-order chi connectivity index (χ0) is 13.5. The Hall–Kier alpha value is -0.120. The van der Waals surface area contributed by atoms with Crippen LogP contribution >= 0.6 is 0 Å². The van der Waals surface area contributed by atoms with Crippen LogP contribution in [0.4, 0.5) is 0 Å². The minimum atomic E-state index is 0.206. The Kier molecular flexibility index (Phi) is 8.01. The quantitative estimate of drug-likeness (QED) is 0.667. The van der Waals surface area contributed by atoms with E-state index in [9.17, 15) is 0 Å². The lowest BCUT2D eigenvalue weighted by Gasteiger charge is -2.43. The zero-order valence-corrected chi connectivity index (χ0v) is 12.6. The number of rotatable bonds is 8. The Bertz CT molecular complexity index is 189. The molecule has 0 rings (SSSR count). The molecule has 0 aliphatic rings. The predicted octanol–water partition coefficient (Wildman–Crippen LogP) is 2.50. The third-order valence-electron chi connectivity index (χ3n) is 3.29. The SMILES string of the molecule is CCOCCN(CC)C(C(N)CC)C(C)(C)C. The predicted molar refractivity (Wildman–Crippen MR) is 75.2 cm³/mol. The third kappa shape index (κ3) is 5.84. The molecular formula is C14H32N2O. The highest BCUT2D eigenvalue weighted by molar-refractivity contribution is 4.90. The fourth-order valence-corrected chi connectivity index (χ4v) is 2.50. The average Bonchev–Trinajstić information content (AvgIpc) is 2.25. The van der Waals surface area contributed by atoms with Gasteiger partial charge >= 0.3 is 0 Å². The van der Waals surface area contributed by atoms with Crippen molar-refractivity contribution < 1.29 is 4.74 Å². The highest BCUT2D eigenvalue weighted by atomic mass is 16.5. The van der Waals surface area contributed by atoms with Crippen LogP contribution in [0.15, 0.2) is 0 Å². The lowest BCUT2D eigenvalue weighted by atomic mass is 9.80. The van der Waals surface area contributed by atoms with E-state index in [-0.39, 0.29) is 11.5 Å². The first kappa shape index (κ1) is 16.9. The van der Waals surface area contributed by atoms with Crippen molar-refractivity contribution in [1.29, 1.82) is 0 Å². The van der Waals surface area contributed by atoms with Gasteiger partial charge in [0, 0.05) is 25.2 Å². The van der Waals surface area contributed by atoms with Gasteiger partial charge in [0.25, 0.3) is 0 Å². The molecule has 0 fully saturated rings. The molecule has 0 aliphatic heterocycles. The van der Waals surface area contributed by atoms with Crippen LogP contribution in [0.25, 0.3) is 0 Å². The minimum absolute atomic E-state index is 0.206. The van der Waals surface area contributed by atoms with Crippen molar-refractivity contribution in [2.75, 3.05) is 26.3 Å². The van der Waals surface area contributed by atoms with E-state index in [0.29, 0.717) is 6.04 Å². The van der Waals surface area contributed by atoms with Crippen LogP contribution in [-0.2, 0) is 4.74 Å². The van der Waals surface area contributed by atoms with Gasteiger partial charge in [0.2, 0.25) is 0 Å². The standard InChI is InChI=1S/C14H32N2O/c1-7-12(15)13(14(4,5)6)16(8-2)10-11-17-9-3/h12-13H,7-11,15H2,1-6H3. The van der Waals surface area contributed by atoms with Crippen LogP contribution in [0.5, 0.6) is 0 Å². The maximum Gasteiger partial charge on any atom is 0.0593 e. The Morgan fingerprint density at radius 2 is 1.76 bits per heavy atom. The first-order chi connectivity index (χ1) is 7.88. The molecule has 3 heteroatoms. The van der Waals surface area contributed by atoms with Crippen molar-refractivity contribution in [2.45, 2.75) is 60.0 Å². The van der Waals surface area contributed by atoms with E-state index in [2.05, 4.69) is 39.5 Å². The molecule has 0 aliphatic carbocycles. The van der Waals surface area contributed by atoms with Gasteiger partial charge in [-0.2, -0.15) is 0 Å². The van der Waals surface area contributed by atoms with Gasteiger partial charge < -0.3 is 10.5 Å². The molecule has 17 heavy (non-hydrogen) atoms. The molecule has 0 heterocycles. The van der Waals surface area contributed by atoms with Crippen molar-refractivity contribution in [2.24, 2.45) is 11.1 Å².